The highest BCUT2D eigenvalue weighted by Crippen LogP contribution is 2.30. The molecule has 3 aromatic rings. The molecule has 0 radical (unpaired) electrons. The summed E-state index contributed by atoms with van der Waals surface area (Å²) in [7, 11) is 2.16. The van der Waals surface area contributed by atoms with Gasteiger partial charge in [-0.1, -0.05) is 26.0 Å². The van der Waals surface area contributed by atoms with E-state index >= 15 is 0 Å². The minimum absolute atomic E-state index is 0.0843. The summed E-state index contributed by atoms with van der Waals surface area (Å²) in [5.74, 6) is 0.358. The molecule has 32 heavy (non-hydrogen) atoms. The Hall–Kier alpha value is -3.05. The molecule has 0 aliphatic carbocycles. The highest BCUT2D eigenvalue weighted by molar-refractivity contribution is 6.08. The van der Waals surface area contributed by atoms with Crippen LogP contribution in [0.2, 0.25) is 0 Å². The molecule has 2 aromatic carbocycles. The van der Waals surface area contributed by atoms with Crippen LogP contribution in [-0.2, 0) is 6.54 Å². The highest BCUT2D eigenvalue weighted by atomic mass is 16.2. The fourth-order valence-corrected chi connectivity index (χ4v) is 4.52. The molecular formula is C27H34N4O. The third-order valence-corrected chi connectivity index (χ3v) is 6.53. The van der Waals surface area contributed by atoms with E-state index in [-0.39, 0.29) is 5.91 Å². The number of carbonyl (C=O) groups is 1. The number of aryl methyl sites for hydroxylation is 1. The summed E-state index contributed by atoms with van der Waals surface area (Å²) in [5, 5.41) is 4.25. The van der Waals surface area contributed by atoms with Crippen molar-refractivity contribution in [3.8, 4) is 0 Å². The molecule has 0 bridgehead atoms. The smallest absolute Gasteiger partial charge is 0.272 e. The Bertz CT molecular complexity index is 1120. The number of aromatic nitrogens is 1. The zero-order chi connectivity index (χ0) is 22.8. The van der Waals surface area contributed by atoms with Gasteiger partial charge in [0.1, 0.15) is 5.69 Å². The van der Waals surface area contributed by atoms with E-state index in [4.69, 9.17) is 0 Å². The van der Waals surface area contributed by atoms with Gasteiger partial charge in [-0.05, 0) is 67.4 Å². The lowest BCUT2D eigenvalue weighted by Crippen LogP contribution is -2.44. The minimum atomic E-state index is -0.0843. The Labute approximate surface area is 191 Å². The van der Waals surface area contributed by atoms with Crippen LogP contribution in [0, 0.1) is 6.92 Å². The summed E-state index contributed by atoms with van der Waals surface area (Å²) >= 11 is 0. The van der Waals surface area contributed by atoms with Crippen LogP contribution < -0.4 is 10.2 Å². The summed E-state index contributed by atoms with van der Waals surface area (Å²) < 4.78 is 2.07. The fraction of sp³-hybridized carbons (Fsp3) is 0.370. The van der Waals surface area contributed by atoms with E-state index < -0.39 is 0 Å². The molecule has 2 heterocycles. The number of allylic oxidation sites excluding steroid dienone is 1. The number of hydrogen-bond acceptors (Lipinski definition) is 3. The summed E-state index contributed by atoms with van der Waals surface area (Å²) in [6.45, 7) is 15.1. The topological polar surface area (TPSA) is 40.5 Å². The number of carbonyl (C=O) groups excluding carboxylic acids is 1. The Morgan fingerprint density at radius 3 is 2.41 bits per heavy atom. The number of rotatable bonds is 6. The average Bonchev–Trinajstić information content (AvgIpc) is 3.06. The van der Waals surface area contributed by atoms with E-state index in [1.54, 1.807) is 0 Å². The second kappa shape index (κ2) is 9.21. The fourth-order valence-electron chi connectivity index (χ4n) is 4.52. The van der Waals surface area contributed by atoms with E-state index in [1.165, 1.54) is 11.3 Å². The van der Waals surface area contributed by atoms with E-state index in [2.05, 4.69) is 77.5 Å². The maximum Gasteiger partial charge on any atom is 0.272 e. The maximum atomic E-state index is 13.4. The van der Waals surface area contributed by atoms with Crippen molar-refractivity contribution in [2.75, 3.05) is 43.4 Å². The van der Waals surface area contributed by atoms with Crippen molar-refractivity contribution in [3.05, 3.63) is 71.9 Å². The molecule has 168 valence electrons. The minimum Gasteiger partial charge on any atom is -0.369 e. The van der Waals surface area contributed by atoms with Crippen LogP contribution in [0.1, 0.15) is 41.4 Å². The number of nitrogens with zero attached hydrogens (tertiary/aromatic N) is 3. The van der Waals surface area contributed by atoms with Crippen LogP contribution in [0.15, 0.2) is 55.1 Å². The number of fused-ring (bicyclic) bond motifs is 1. The van der Waals surface area contributed by atoms with E-state index in [0.717, 1.165) is 48.3 Å². The first-order valence-electron chi connectivity index (χ1n) is 11.5. The van der Waals surface area contributed by atoms with Gasteiger partial charge in [-0.3, -0.25) is 4.79 Å². The van der Waals surface area contributed by atoms with Gasteiger partial charge in [0.25, 0.3) is 5.91 Å². The van der Waals surface area contributed by atoms with Crippen molar-refractivity contribution in [1.82, 2.24) is 9.47 Å². The van der Waals surface area contributed by atoms with Gasteiger partial charge in [0.05, 0.1) is 0 Å². The Morgan fingerprint density at radius 2 is 1.78 bits per heavy atom. The predicted octanol–water partition coefficient (Wildman–Crippen LogP) is 5.26. The standard InChI is InChI=1S/C27H34N4O/c1-6-13-31-25-12-7-21(19(2)3)18-24(25)20(4)26(31)27(32)28-22-8-10-23(11-9-22)30-16-14-29(5)15-17-30/h6-12,18-19H,1,13-17H2,2-5H3,(H,28,32). The van der Waals surface area contributed by atoms with Gasteiger partial charge >= 0.3 is 0 Å². The monoisotopic (exact) mass is 430 g/mol. The number of hydrogen-bond donors (Lipinski definition) is 1. The normalized spacial score (nSPS) is 14.8. The van der Waals surface area contributed by atoms with E-state index in [1.807, 2.05) is 25.1 Å². The van der Waals surface area contributed by atoms with Crippen LogP contribution in [0.4, 0.5) is 11.4 Å². The third kappa shape index (κ3) is 4.30. The number of benzene rings is 2. The van der Waals surface area contributed by atoms with Crippen LogP contribution in [0.3, 0.4) is 0 Å². The number of nitrogens with one attached hydrogen (secondary N) is 1. The molecule has 5 heteroatoms. The third-order valence-electron chi connectivity index (χ3n) is 6.53. The van der Waals surface area contributed by atoms with Crippen LogP contribution in [-0.4, -0.2) is 48.6 Å². The average molecular weight is 431 g/mol. The summed E-state index contributed by atoms with van der Waals surface area (Å²) in [4.78, 5) is 18.1. The zero-order valence-corrected chi connectivity index (χ0v) is 19.7. The maximum absolute atomic E-state index is 13.4. The molecule has 0 saturated carbocycles. The largest absolute Gasteiger partial charge is 0.369 e. The quantitative estimate of drug-likeness (QED) is 0.542. The molecule has 0 unspecified atom stereocenters. The lowest BCUT2D eigenvalue weighted by molar-refractivity contribution is 0.101. The SMILES string of the molecule is C=CCn1c(C(=O)Nc2ccc(N3CCN(C)CC3)cc2)c(C)c2cc(C(C)C)ccc21. The molecule has 1 aliphatic heterocycles. The Balaban J connectivity index is 1.60. The first kappa shape index (κ1) is 22.2. The first-order valence-corrected chi connectivity index (χ1v) is 11.5. The van der Waals surface area contributed by atoms with Gasteiger partial charge in [-0.2, -0.15) is 0 Å². The molecule has 0 atom stereocenters. The number of amides is 1. The van der Waals surface area contributed by atoms with Crippen molar-refractivity contribution in [3.63, 3.8) is 0 Å². The zero-order valence-electron chi connectivity index (χ0n) is 19.7. The van der Waals surface area contributed by atoms with Crippen LogP contribution in [0.25, 0.3) is 10.9 Å². The number of piperazine rings is 1. The van der Waals surface area contributed by atoms with Crippen LogP contribution in [0.5, 0.6) is 0 Å². The Kier molecular flexibility index (Phi) is 6.38. The predicted molar refractivity (Wildman–Crippen MR) is 135 cm³/mol. The van der Waals surface area contributed by atoms with Crippen molar-refractivity contribution < 1.29 is 4.79 Å². The molecule has 1 amide bonds. The van der Waals surface area contributed by atoms with Gasteiger partial charge in [0.2, 0.25) is 0 Å². The molecule has 1 aliphatic rings. The number of anilines is 2. The summed E-state index contributed by atoms with van der Waals surface area (Å²) in [6.07, 6.45) is 1.84. The highest BCUT2D eigenvalue weighted by Gasteiger charge is 2.21. The molecule has 1 aromatic heterocycles. The van der Waals surface area contributed by atoms with Crippen molar-refractivity contribution in [1.29, 1.82) is 0 Å². The van der Waals surface area contributed by atoms with Crippen LogP contribution >= 0.6 is 0 Å². The van der Waals surface area contributed by atoms with E-state index in [0.29, 0.717) is 18.2 Å². The molecule has 1 saturated heterocycles. The molecule has 0 spiro atoms. The Morgan fingerprint density at radius 1 is 1.09 bits per heavy atom. The molecule has 1 N–H and O–H groups in total. The lowest BCUT2D eigenvalue weighted by atomic mass is 10.0. The lowest BCUT2D eigenvalue weighted by Gasteiger charge is -2.34. The van der Waals surface area contributed by atoms with Gasteiger partial charge < -0.3 is 19.7 Å². The summed E-state index contributed by atoms with van der Waals surface area (Å²) in [6, 6.07) is 14.7. The van der Waals surface area contributed by atoms with Crippen molar-refractivity contribution >= 4 is 28.2 Å². The molecule has 5 nitrogen and oxygen atoms in total. The summed E-state index contributed by atoms with van der Waals surface area (Å²) in [5.41, 5.74) is 6.07. The number of likely N-dealkylation sites (N-methyl/N-ethyl adjacent to an activating group) is 1. The van der Waals surface area contributed by atoms with Crippen molar-refractivity contribution in [2.45, 2.75) is 33.2 Å². The van der Waals surface area contributed by atoms with E-state index in [9.17, 15) is 4.79 Å². The van der Waals surface area contributed by atoms with Gasteiger partial charge in [-0.15, -0.1) is 6.58 Å². The molecule has 1 fully saturated rings. The second-order valence-corrected chi connectivity index (χ2v) is 9.10. The van der Waals surface area contributed by atoms with Gasteiger partial charge in [0.15, 0.2) is 0 Å². The van der Waals surface area contributed by atoms with Gasteiger partial charge in [0, 0.05) is 55.0 Å². The van der Waals surface area contributed by atoms with Gasteiger partial charge in [-0.25, -0.2) is 0 Å². The van der Waals surface area contributed by atoms with Crippen molar-refractivity contribution in [2.24, 2.45) is 0 Å². The molecular weight excluding hydrogens is 396 g/mol. The molecule has 4 rings (SSSR count). The first-order chi connectivity index (χ1) is 15.4. The second-order valence-electron chi connectivity index (χ2n) is 9.10.